The molecule has 2 aromatic rings. The second-order valence-electron chi connectivity index (χ2n) is 9.66. The van der Waals surface area contributed by atoms with Crippen LogP contribution in [0.2, 0.25) is 0 Å². The topological polar surface area (TPSA) is 137 Å². The van der Waals surface area contributed by atoms with E-state index >= 15 is 0 Å². The summed E-state index contributed by atoms with van der Waals surface area (Å²) >= 11 is 0. The highest BCUT2D eigenvalue weighted by molar-refractivity contribution is 6.07. The molecule has 0 aromatic heterocycles. The predicted molar refractivity (Wildman–Crippen MR) is 134 cm³/mol. The summed E-state index contributed by atoms with van der Waals surface area (Å²) in [5.74, 6) is -1.23. The molecule has 3 rings (SSSR count). The van der Waals surface area contributed by atoms with Crippen molar-refractivity contribution in [2.24, 2.45) is 5.73 Å². The monoisotopic (exact) mass is 480 g/mol. The number of carboxylic acids is 1. The third kappa shape index (κ3) is 5.45. The highest BCUT2D eigenvalue weighted by Gasteiger charge is 2.30. The Morgan fingerprint density at radius 1 is 1.20 bits per heavy atom. The summed E-state index contributed by atoms with van der Waals surface area (Å²) in [6.45, 7) is 8.36. The molecule has 1 heterocycles. The van der Waals surface area contributed by atoms with Gasteiger partial charge >= 0.3 is 5.97 Å². The molecule has 0 unspecified atom stereocenters. The van der Waals surface area contributed by atoms with Gasteiger partial charge in [-0.15, -0.1) is 0 Å². The first-order valence-corrected chi connectivity index (χ1v) is 11.4. The maximum atomic E-state index is 13.2. The third-order valence-electron chi connectivity index (χ3n) is 5.95. The number of ketones is 1. The lowest BCUT2D eigenvalue weighted by molar-refractivity contribution is -0.135. The molecule has 2 aromatic carbocycles. The summed E-state index contributed by atoms with van der Waals surface area (Å²) in [7, 11) is 1.71. The average Bonchev–Trinajstić information content (AvgIpc) is 3.06. The highest BCUT2D eigenvalue weighted by atomic mass is 16.5. The number of ether oxygens (including phenoxy) is 1. The van der Waals surface area contributed by atoms with Gasteiger partial charge in [0.1, 0.15) is 18.1 Å². The van der Waals surface area contributed by atoms with Crippen LogP contribution in [0.25, 0.3) is 0 Å². The van der Waals surface area contributed by atoms with E-state index in [4.69, 9.17) is 15.9 Å². The first kappa shape index (κ1) is 25.7. The summed E-state index contributed by atoms with van der Waals surface area (Å²) < 4.78 is 5.55. The largest absolute Gasteiger partial charge is 0.493 e. The number of primary amides is 1. The number of carboxylic acid groups (broad SMARTS) is 1. The molecule has 0 radical (unpaired) electrons. The molecular weight excluding hydrogens is 448 g/mol. The lowest BCUT2D eigenvalue weighted by atomic mass is 9.84. The normalized spacial score (nSPS) is 12.9. The molecule has 0 bridgehead atoms. The van der Waals surface area contributed by atoms with Crippen LogP contribution >= 0.6 is 0 Å². The number of aliphatic carboxylic acids is 1. The van der Waals surface area contributed by atoms with Gasteiger partial charge in [0.2, 0.25) is 0 Å². The number of rotatable bonds is 9. The van der Waals surface area contributed by atoms with Gasteiger partial charge < -0.3 is 25.4 Å². The van der Waals surface area contributed by atoms with Crippen LogP contribution in [-0.4, -0.2) is 60.2 Å². The number of hydrogen-bond acceptors (Lipinski definition) is 6. The lowest BCUT2D eigenvalue weighted by Gasteiger charge is -2.28. The van der Waals surface area contributed by atoms with Crippen LogP contribution < -0.4 is 15.4 Å². The first-order valence-electron chi connectivity index (χ1n) is 11.4. The fraction of sp³-hybridized carbons (Fsp3) is 0.385. The Morgan fingerprint density at radius 3 is 2.46 bits per heavy atom. The summed E-state index contributed by atoms with van der Waals surface area (Å²) in [6, 6.07) is 8.54. The number of anilines is 1. The molecule has 1 aliphatic rings. The van der Waals surface area contributed by atoms with E-state index in [0.717, 1.165) is 16.8 Å². The van der Waals surface area contributed by atoms with Gasteiger partial charge in [-0.05, 0) is 53.8 Å². The molecular formula is C26H32N4O5. The maximum Gasteiger partial charge on any atom is 0.323 e. The molecule has 0 fully saturated rings. The van der Waals surface area contributed by atoms with E-state index in [1.54, 1.807) is 47.2 Å². The third-order valence-corrected chi connectivity index (χ3v) is 5.95. The molecule has 4 N–H and O–H groups in total. The number of benzene rings is 2. The Labute approximate surface area is 205 Å². The van der Waals surface area contributed by atoms with E-state index < -0.39 is 11.9 Å². The van der Waals surface area contributed by atoms with Crippen LogP contribution in [0.15, 0.2) is 30.3 Å². The fourth-order valence-corrected chi connectivity index (χ4v) is 4.23. The highest BCUT2D eigenvalue weighted by Crippen LogP contribution is 2.34. The van der Waals surface area contributed by atoms with Gasteiger partial charge in [0.25, 0.3) is 5.91 Å². The molecule has 0 saturated carbocycles. The van der Waals surface area contributed by atoms with Crippen LogP contribution in [-0.2, 0) is 16.8 Å². The van der Waals surface area contributed by atoms with Gasteiger partial charge in [0, 0.05) is 30.4 Å². The summed E-state index contributed by atoms with van der Waals surface area (Å²) in [6.07, 6.45) is 0. The second kappa shape index (κ2) is 9.77. The zero-order valence-corrected chi connectivity index (χ0v) is 20.8. The molecule has 186 valence electrons. The van der Waals surface area contributed by atoms with Crippen molar-refractivity contribution in [2.75, 3.05) is 31.6 Å². The lowest BCUT2D eigenvalue weighted by Crippen LogP contribution is -2.31. The molecule has 0 spiro atoms. The van der Waals surface area contributed by atoms with Crippen molar-refractivity contribution in [2.45, 2.75) is 39.7 Å². The number of nitrogens with zero attached hydrogens (tertiary/aromatic N) is 2. The number of carbonyl (C=O) groups is 3. The Balaban J connectivity index is 1.87. The minimum Gasteiger partial charge on any atom is -0.493 e. The van der Waals surface area contributed by atoms with Crippen LogP contribution in [0.1, 0.15) is 65.1 Å². The Kier molecular flexibility index (Phi) is 7.19. The van der Waals surface area contributed by atoms with E-state index in [2.05, 4.69) is 0 Å². The number of Topliss-reactive ketones (excluding diaryl/α,β-unsaturated/α-hetero) is 1. The zero-order chi connectivity index (χ0) is 26.1. The van der Waals surface area contributed by atoms with Gasteiger partial charge in [0.05, 0.1) is 18.7 Å². The number of fused-ring (bicyclic) bond motifs is 1. The Morgan fingerprint density at radius 2 is 1.89 bits per heavy atom. The van der Waals surface area contributed by atoms with Crippen molar-refractivity contribution >= 4 is 29.2 Å². The number of carbonyl (C=O) groups excluding carboxylic acids is 2. The van der Waals surface area contributed by atoms with Crippen molar-refractivity contribution in [3.8, 4) is 5.75 Å². The molecule has 9 nitrogen and oxygen atoms in total. The van der Waals surface area contributed by atoms with E-state index in [-0.39, 0.29) is 35.7 Å². The first-order chi connectivity index (χ1) is 16.3. The van der Waals surface area contributed by atoms with Crippen molar-refractivity contribution < 1.29 is 24.2 Å². The zero-order valence-electron chi connectivity index (χ0n) is 20.8. The van der Waals surface area contributed by atoms with E-state index in [1.807, 2.05) is 27.7 Å². The molecule has 35 heavy (non-hydrogen) atoms. The number of amidine groups is 1. The van der Waals surface area contributed by atoms with Crippen molar-refractivity contribution in [1.29, 1.82) is 5.41 Å². The molecule has 9 heteroatoms. The molecule has 0 saturated heterocycles. The van der Waals surface area contributed by atoms with Gasteiger partial charge in [-0.1, -0.05) is 20.8 Å². The van der Waals surface area contributed by atoms with Crippen molar-refractivity contribution in [1.82, 2.24) is 4.90 Å². The van der Waals surface area contributed by atoms with Crippen LogP contribution in [0.4, 0.5) is 5.69 Å². The summed E-state index contributed by atoms with van der Waals surface area (Å²) in [5.41, 5.74) is 8.81. The molecule has 1 amide bonds. The molecule has 0 atom stereocenters. The van der Waals surface area contributed by atoms with E-state index in [1.165, 1.54) is 0 Å². The van der Waals surface area contributed by atoms with Crippen molar-refractivity contribution in [3.63, 3.8) is 0 Å². The number of hydrogen-bond donors (Lipinski definition) is 3. The summed E-state index contributed by atoms with van der Waals surface area (Å²) in [5, 5.41) is 17.7. The predicted octanol–water partition coefficient (Wildman–Crippen LogP) is 3.03. The average molecular weight is 481 g/mol. The number of amides is 1. The van der Waals surface area contributed by atoms with Crippen LogP contribution in [0, 0.1) is 5.41 Å². The summed E-state index contributed by atoms with van der Waals surface area (Å²) in [4.78, 5) is 39.6. The Hall–Kier alpha value is -3.88. The van der Waals surface area contributed by atoms with Gasteiger partial charge in [-0.3, -0.25) is 19.8 Å². The van der Waals surface area contributed by atoms with Crippen molar-refractivity contribution in [3.05, 3.63) is 58.1 Å². The number of nitrogens with one attached hydrogen (secondary N) is 1. The number of nitrogens with two attached hydrogens (primary N) is 1. The van der Waals surface area contributed by atoms with Crippen LogP contribution in [0.3, 0.4) is 0 Å². The quantitative estimate of drug-likeness (QED) is 0.469. The minimum atomic E-state index is -0.938. The smallest absolute Gasteiger partial charge is 0.323 e. The maximum absolute atomic E-state index is 13.2. The second-order valence-corrected chi connectivity index (χ2v) is 9.66. The van der Waals surface area contributed by atoms with E-state index in [0.29, 0.717) is 30.0 Å². The molecule has 0 aliphatic carbocycles. The van der Waals surface area contributed by atoms with E-state index in [9.17, 15) is 19.5 Å². The standard InChI is InChI=1S/C26H32N4O5/c1-6-35-22-10-16-12-30(24(27)17(16)11-18(22)25(28)34)13-21(31)15-7-8-20(29(5)14-23(32)33)19(9-15)26(2,3)4/h7-11,27H,6,12-14H2,1-5H3,(H2,28,34)(H,32,33). The van der Waals surface area contributed by atoms with Gasteiger partial charge in [-0.25, -0.2) is 0 Å². The number of likely N-dealkylation sites (N-methyl/N-ethyl adjacent to an activating group) is 1. The molecule has 1 aliphatic heterocycles. The Bertz CT molecular complexity index is 1200. The van der Waals surface area contributed by atoms with Gasteiger partial charge in [-0.2, -0.15) is 0 Å². The fourth-order valence-electron chi connectivity index (χ4n) is 4.23. The minimum absolute atomic E-state index is 0.0166. The van der Waals surface area contributed by atoms with Gasteiger partial charge in [0.15, 0.2) is 5.78 Å². The van der Waals surface area contributed by atoms with Crippen LogP contribution in [0.5, 0.6) is 5.75 Å². The SMILES string of the molecule is CCOc1cc2c(cc1C(N)=O)C(=N)N(CC(=O)c1ccc(N(C)CC(=O)O)c(C(C)(C)C)c1)C2.